The molecule has 1 heterocycles. The van der Waals surface area contributed by atoms with Crippen molar-refractivity contribution in [2.24, 2.45) is 0 Å². The third kappa shape index (κ3) is 4.00. The highest BCUT2D eigenvalue weighted by atomic mass is 16.5. The number of hydrogen-bond donors (Lipinski definition) is 1. The van der Waals surface area contributed by atoms with E-state index in [2.05, 4.69) is 5.32 Å². The summed E-state index contributed by atoms with van der Waals surface area (Å²) in [5, 5.41) is 3.28. The first-order chi connectivity index (χ1) is 8.38. The third-order valence-electron chi connectivity index (χ3n) is 2.65. The minimum Gasteiger partial charge on any atom is -0.491 e. The van der Waals surface area contributed by atoms with E-state index in [0.717, 1.165) is 31.0 Å². The highest BCUT2D eigenvalue weighted by molar-refractivity contribution is 5.28. The zero-order chi connectivity index (χ0) is 11.9. The van der Waals surface area contributed by atoms with Crippen molar-refractivity contribution in [3.05, 3.63) is 29.8 Å². The van der Waals surface area contributed by atoms with Crippen LogP contribution in [0.15, 0.2) is 24.3 Å². The van der Waals surface area contributed by atoms with E-state index in [0.29, 0.717) is 13.2 Å². The number of morpholine rings is 1. The van der Waals surface area contributed by atoms with Gasteiger partial charge in [-0.15, -0.1) is 0 Å². The zero-order valence-electron chi connectivity index (χ0n) is 10.1. The highest BCUT2D eigenvalue weighted by Gasteiger charge is 2.13. The predicted molar refractivity (Wildman–Crippen MR) is 65.3 cm³/mol. The molecule has 94 valence electrons. The quantitative estimate of drug-likeness (QED) is 0.835. The number of rotatable bonds is 5. The lowest BCUT2D eigenvalue weighted by Crippen LogP contribution is -2.41. The second-order valence-corrected chi connectivity index (χ2v) is 4.09. The maximum absolute atomic E-state index is 5.71. The van der Waals surface area contributed by atoms with Crippen LogP contribution < -0.4 is 10.1 Å². The van der Waals surface area contributed by atoms with Crippen molar-refractivity contribution < 1.29 is 14.2 Å². The molecule has 1 aliphatic heterocycles. The van der Waals surface area contributed by atoms with Crippen LogP contribution in [0.1, 0.15) is 5.56 Å². The summed E-state index contributed by atoms with van der Waals surface area (Å²) in [4.78, 5) is 0. The maximum atomic E-state index is 5.71. The Labute approximate surface area is 102 Å². The Morgan fingerprint density at radius 2 is 2.41 bits per heavy atom. The molecule has 1 N–H and O–H groups in total. The lowest BCUT2D eigenvalue weighted by molar-refractivity contribution is 0.000159. The standard InChI is InChI=1S/C13H19NO3/c1-15-9-11-3-2-4-12(7-11)17-10-13-8-14-5-6-16-13/h2-4,7,13-14H,5-6,8-10H2,1H3. The molecular weight excluding hydrogens is 218 g/mol. The molecule has 0 radical (unpaired) electrons. The van der Waals surface area contributed by atoms with E-state index >= 15 is 0 Å². The Bertz CT molecular complexity index is 337. The number of nitrogens with one attached hydrogen (secondary N) is 1. The summed E-state index contributed by atoms with van der Waals surface area (Å²) in [6.45, 7) is 3.75. The zero-order valence-corrected chi connectivity index (χ0v) is 10.1. The fourth-order valence-corrected chi connectivity index (χ4v) is 1.81. The molecule has 1 aromatic rings. The average Bonchev–Trinajstić information content (AvgIpc) is 2.39. The average molecular weight is 237 g/mol. The molecule has 2 rings (SSSR count). The summed E-state index contributed by atoms with van der Waals surface area (Å²) in [6, 6.07) is 7.95. The van der Waals surface area contributed by atoms with Crippen LogP contribution >= 0.6 is 0 Å². The van der Waals surface area contributed by atoms with Crippen LogP contribution in [-0.4, -0.2) is 39.5 Å². The molecule has 1 atom stereocenters. The largest absolute Gasteiger partial charge is 0.491 e. The summed E-state index contributed by atoms with van der Waals surface area (Å²) < 4.78 is 16.4. The van der Waals surface area contributed by atoms with Crippen molar-refractivity contribution in [1.29, 1.82) is 0 Å². The van der Waals surface area contributed by atoms with Gasteiger partial charge < -0.3 is 19.5 Å². The van der Waals surface area contributed by atoms with Crippen molar-refractivity contribution in [2.75, 3.05) is 33.4 Å². The lowest BCUT2D eigenvalue weighted by atomic mass is 10.2. The van der Waals surface area contributed by atoms with Crippen molar-refractivity contribution in [2.45, 2.75) is 12.7 Å². The Kier molecular flexibility index (Phi) is 4.79. The first-order valence-electron chi connectivity index (χ1n) is 5.91. The normalized spacial score (nSPS) is 20.2. The van der Waals surface area contributed by atoms with E-state index in [1.807, 2.05) is 24.3 Å². The van der Waals surface area contributed by atoms with Crippen molar-refractivity contribution >= 4 is 0 Å². The minimum atomic E-state index is 0.148. The van der Waals surface area contributed by atoms with Gasteiger partial charge in [0.15, 0.2) is 0 Å². The third-order valence-corrected chi connectivity index (χ3v) is 2.65. The molecule has 1 unspecified atom stereocenters. The van der Waals surface area contributed by atoms with Crippen molar-refractivity contribution in [3.8, 4) is 5.75 Å². The van der Waals surface area contributed by atoms with Gasteiger partial charge in [-0.2, -0.15) is 0 Å². The van der Waals surface area contributed by atoms with Gasteiger partial charge in [-0.05, 0) is 17.7 Å². The Balaban J connectivity index is 1.83. The molecule has 1 fully saturated rings. The fraction of sp³-hybridized carbons (Fsp3) is 0.538. The molecule has 0 saturated carbocycles. The van der Waals surface area contributed by atoms with Gasteiger partial charge in [0.1, 0.15) is 18.5 Å². The van der Waals surface area contributed by atoms with Gasteiger partial charge in [0.2, 0.25) is 0 Å². The molecule has 1 aliphatic rings. The van der Waals surface area contributed by atoms with E-state index in [4.69, 9.17) is 14.2 Å². The number of ether oxygens (including phenoxy) is 3. The smallest absolute Gasteiger partial charge is 0.119 e. The van der Waals surface area contributed by atoms with E-state index in [1.54, 1.807) is 7.11 Å². The summed E-state index contributed by atoms with van der Waals surface area (Å²) >= 11 is 0. The molecule has 4 nitrogen and oxygen atoms in total. The van der Waals surface area contributed by atoms with Crippen LogP contribution in [0.4, 0.5) is 0 Å². The van der Waals surface area contributed by atoms with Gasteiger partial charge in [-0.1, -0.05) is 12.1 Å². The van der Waals surface area contributed by atoms with Crippen LogP contribution in [0, 0.1) is 0 Å². The fourth-order valence-electron chi connectivity index (χ4n) is 1.81. The minimum absolute atomic E-state index is 0.148. The van der Waals surface area contributed by atoms with Crippen LogP contribution in [0.3, 0.4) is 0 Å². The number of benzene rings is 1. The maximum Gasteiger partial charge on any atom is 0.119 e. The topological polar surface area (TPSA) is 39.7 Å². The summed E-state index contributed by atoms with van der Waals surface area (Å²) in [5.41, 5.74) is 1.12. The highest BCUT2D eigenvalue weighted by Crippen LogP contribution is 2.14. The Morgan fingerprint density at radius 3 is 3.18 bits per heavy atom. The Morgan fingerprint density at radius 1 is 1.47 bits per heavy atom. The molecule has 0 aliphatic carbocycles. The van der Waals surface area contributed by atoms with Gasteiger partial charge in [0.25, 0.3) is 0 Å². The van der Waals surface area contributed by atoms with Gasteiger partial charge in [0.05, 0.1) is 13.2 Å². The number of hydrogen-bond acceptors (Lipinski definition) is 4. The molecule has 1 aromatic carbocycles. The van der Waals surface area contributed by atoms with Crippen molar-refractivity contribution in [3.63, 3.8) is 0 Å². The number of methoxy groups -OCH3 is 1. The first kappa shape index (κ1) is 12.4. The summed E-state index contributed by atoms with van der Waals surface area (Å²) in [6.07, 6.45) is 0.148. The Hall–Kier alpha value is -1.10. The molecule has 1 saturated heterocycles. The van der Waals surface area contributed by atoms with E-state index in [9.17, 15) is 0 Å². The molecule has 0 amide bonds. The first-order valence-corrected chi connectivity index (χ1v) is 5.91. The van der Waals surface area contributed by atoms with Gasteiger partial charge in [-0.25, -0.2) is 0 Å². The molecule has 0 aromatic heterocycles. The SMILES string of the molecule is COCc1cccc(OCC2CNCCO2)c1. The molecule has 4 heteroatoms. The van der Waals surface area contributed by atoms with E-state index in [-0.39, 0.29) is 6.10 Å². The lowest BCUT2D eigenvalue weighted by Gasteiger charge is -2.23. The van der Waals surface area contributed by atoms with Crippen LogP contribution in [0.5, 0.6) is 5.75 Å². The molecule has 0 spiro atoms. The summed E-state index contributed by atoms with van der Waals surface area (Å²) in [5.74, 6) is 0.869. The second kappa shape index (κ2) is 6.59. The van der Waals surface area contributed by atoms with Crippen LogP contribution in [0.2, 0.25) is 0 Å². The molecular formula is C13H19NO3. The van der Waals surface area contributed by atoms with Crippen molar-refractivity contribution in [1.82, 2.24) is 5.32 Å². The van der Waals surface area contributed by atoms with Crippen LogP contribution in [-0.2, 0) is 16.1 Å². The van der Waals surface area contributed by atoms with E-state index in [1.165, 1.54) is 0 Å². The van der Waals surface area contributed by atoms with Crippen LogP contribution in [0.25, 0.3) is 0 Å². The van der Waals surface area contributed by atoms with Gasteiger partial charge >= 0.3 is 0 Å². The summed E-state index contributed by atoms with van der Waals surface area (Å²) in [7, 11) is 1.69. The monoisotopic (exact) mass is 237 g/mol. The van der Waals surface area contributed by atoms with E-state index < -0.39 is 0 Å². The molecule has 17 heavy (non-hydrogen) atoms. The second-order valence-electron chi connectivity index (χ2n) is 4.09. The predicted octanol–water partition coefficient (Wildman–Crippen LogP) is 1.20. The molecule has 0 bridgehead atoms. The van der Waals surface area contributed by atoms with Gasteiger partial charge in [-0.3, -0.25) is 0 Å². The van der Waals surface area contributed by atoms with Gasteiger partial charge in [0, 0.05) is 20.2 Å².